The highest BCUT2D eigenvalue weighted by Crippen LogP contribution is 2.08. The minimum atomic E-state index is -0.561. The number of hydrogen-bond acceptors (Lipinski definition) is 3. The molecular weight excluding hydrogens is 134 g/mol. The largest absolute Gasteiger partial charge is 0.391 e. The van der Waals surface area contributed by atoms with Crippen LogP contribution in [-0.4, -0.2) is 46.8 Å². The van der Waals surface area contributed by atoms with Crippen molar-refractivity contribution < 1.29 is 15.0 Å². The van der Waals surface area contributed by atoms with Crippen molar-refractivity contribution in [1.29, 1.82) is 0 Å². The third-order valence-corrected chi connectivity index (χ3v) is 1.58. The number of carbonyl (C=O) groups is 1. The summed E-state index contributed by atoms with van der Waals surface area (Å²) < 4.78 is 0. The second-order valence-electron chi connectivity index (χ2n) is 2.60. The molecule has 1 aliphatic rings. The molecule has 0 unspecified atom stereocenters. The molecular formula is C6H11NO3. The summed E-state index contributed by atoms with van der Waals surface area (Å²) >= 11 is 0. The number of rotatable bonds is 1. The third-order valence-electron chi connectivity index (χ3n) is 1.58. The molecule has 1 rings (SSSR count). The Morgan fingerprint density at radius 2 is 1.80 bits per heavy atom. The molecule has 1 heterocycles. The maximum absolute atomic E-state index is 10.2. The summed E-state index contributed by atoms with van der Waals surface area (Å²) in [4.78, 5) is 11.5. The third kappa shape index (κ3) is 1.68. The minimum Gasteiger partial charge on any atom is -0.391 e. The first-order valence-corrected chi connectivity index (χ1v) is 3.28. The Labute approximate surface area is 59.1 Å². The number of β-amino-alcohol motifs (C(OH)–C–C–N with tert-alkyl or cyclic N) is 2. The maximum atomic E-state index is 10.2. The second kappa shape index (κ2) is 2.98. The van der Waals surface area contributed by atoms with Crippen LogP contribution in [0.15, 0.2) is 0 Å². The van der Waals surface area contributed by atoms with Crippen molar-refractivity contribution in [2.75, 3.05) is 13.1 Å². The van der Waals surface area contributed by atoms with E-state index >= 15 is 0 Å². The van der Waals surface area contributed by atoms with Gasteiger partial charge in [-0.3, -0.25) is 4.79 Å². The molecule has 4 nitrogen and oxygen atoms in total. The van der Waals surface area contributed by atoms with E-state index in [2.05, 4.69) is 0 Å². The zero-order chi connectivity index (χ0) is 7.56. The quantitative estimate of drug-likeness (QED) is 0.445. The van der Waals surface area contributed by atoms with Gasteiger partial charge in [0, 0.05) is 19.5 Å². The summed E-state index contributed by atoms with van der Waals surface area (Å²) in [5.74, 6) is 0. The Hall–Kier alpha value is -0.610. The van der Waals surface area contributed by atoms with Crippen LogP contribution in [0.25, 0.3) is 0 Å². The lowest BCUT2D eigenvalue weighted by Crippen LogP contribution is -2.44. The van der Waals surface area contributed by atoms with E-state index in [-0.39, 0.29) is 0 Å². The summed E-state index contributed by atoms with van der Waals surface area (Å²) in [5.41, 5.74) is 0. The second-order valence-corrected chi connectivity index (χ2v) is 2.60. The molecule has 0 aromatic heterocycles. The summed E-state index contributed by atoms with van der Waals surface area (Å²) in [6.45, 7) is 0.696. The van der Waals surface area contributed by atoms with Crippen molar-refractivity contribution in [3.8, 4) is 0 Å². The Kier molecular flexibility index (Phi) is 2.24. The lowest BCUT2D eigenvalue weighted by molar-refractivity contribution is -0.124. The van der Waals surface area contributed by atoms with E-state index in [9.17, 15) is 4.79 Å². The lowest BCUT2D eigenvalue weighted by Gasteiger charge is -2.30. The van der Waals surface area contributed by atoms with Crippen LogP contribution >= 0.6 is 0 Å². The van der Waals surface area contributed by atoms with E-state index in [0.29, 0.717) is 25.9 Å². The molecule has 0 saturated carbocycles. The van der Waals surface area contributed by atoms with Gasteiger partial charge in [0.15, 0.2) is 0 Å². The molecule has 1 amide bonds. The fraction of sp³-hybridized carbons (Fsp3) is 0.833. The van der Waals surface area contributed by atoms with Gasteiger partial charge in [-0.25, -0.2) is 0 Å². The number of carbonyl (C=O) groups excluding carboxylic acids is 1. The number of hydrogen-bond donors (Lipinski definition) is 2. The van der Waals surface area contributed by atoms with Gasteiger partial charge in [0.05, 0.1) is 12.2 Å². The average molecular weight is 145 g/mol. The van der Waals surface area contributed by atoms with Gasteiger partial charge < -0.3 is 15.1 Å². The van der Waals surface area contributed by atoms with E-state index < -0.39 is 12.2 Å². The molecule has 0 spiro atoms. The number of piperidine rings is 1. The molecule has 0 aromatic rings. The van der Waals surface area contributed by atoms with E-state index in [1.807, 2.05) is 0 Å². The molecule has 1 aliphatic heterocycles. The first-order valence-electron chi connectivity index (χ1n) is 3.28. The molecule has 58 valence electrons. The highest BCUT2D eigenvalue weighted by atomic mass is 16.3. The maximum Gasteiger partial charge on any atom is 0.209 e. The van der Waals surface area contributed by atoms with Crippen molar-refractivity contribution in [3.05, 3.63) is 0 Å². The molecule has 0 radical (unpaired) electrons. The van der Waals surface area contributed by atoms with E-state index in [1.165, 1.54) is 4.90 Å². The zero-order valence-electron chi connectivity index (χ0n) is 5.60. The molecule has 4 heteroatoms. The Balaban J connectivity index is 2.42. The number of aliphatic hydroxyl groups is 2. The minimum absolute atomic E-state index is 0.348. The van der Waals surface area contributed by atoms with Crippen molar-refractivity contribution in [2.24, 2.45) is 0 Å². The number of nitrogens with zero attached hydrogens (tertiary/aromatic N) is 1. The summed E-state index contributed by atoms with van der Waals surface area (Å²) in [7, 11) is 0. The Morgan fingerprint density at radius 1 is 1.30 bits per heavy atom. The van der Waals surface area contributed by atoms with Gasteiger partial charge in [-0.1, -0.05) is 0 Å². The van der Waals surface area contributed by atoms with Crippen LogP contribution in [0.2, 0.25) is 0 Å². The molecule has 0 aliphatic carbocycles. The first-order chi connectivity index (χ1) is 4.72. The van der Waals surface area contributed by atoms with E-state index in [0.717, 1.165) is 0 Å². The number of likely N-dealkylation sites (tertiary alicyclic amines) is 1. The SMILES string of the molecule is O=CN1C[C@H](O)C[C@H](O)C1. The number of amides is 1. The predicted octanol–water partition coefficient (Wildman–Crippen LogP) is -1.43. The predicted molar refractivity (Wildman–Crippen MR) is 34.3 cm³/mol. The molecule has 1 fully saturated rings. The average Bonchev–Trinajstić information content (AvgIpc) is 1.85. The summed E-state index contributed by atoms with van der Waals surface area (Å²) in [5, 5.41) is 18.0. The monoisotopic (exact) mass is 145 g/mol. The van der Waals surface area contributed by atoms with E-state index in [4.69, 9.17) is 10.2 Å². The van der Waals surface area contributed by atoms with Gasteiger partial charge in [-0.05, 0) is 0 Å². The van der Waals surface area contributed by atoms with Crippen LogP contribution in [0, 0.1) is 0 Å². The van der Waals surface area contributed by atoms with Crippen molar-refractivity contribution in [3.63, 3.8) is 0 Å². The smallest absolute Gasteiger partial charge is 0.209 e. The fourth-order valence-electron chi connectivity index (χ4n) is 1.17. The van der Waals surface area contributed by atoms with Crippen molar-refractivity contribution >= 4 is 6.41 Å². The van der Waals surface area contributed by atoms with Gasteiger partial charge >= 0.3 is 0 Å². The standard InChI is InChI=1S/C6H11NO3/c8-4-7-2-5(9)1-6(10)3-7/h4-6,9-10H,1-3H2/t5-,6+. The van der Waals surface area contributed by atoms with Crippen molar-refractivity contribution in [1.82, 2.24) is 4.90 Å². The van der Waals surface area contributed by atoms with Gasteiger partial charge in [0.1, 0.15) is 0 Å². The molecule has 2 N–H and O–H groups in total. The van der Waals surface area contributed by atoms with Crippen LogP contribution in [-0.2, 0) is 4.79 Å². The first kappa shape index (κ1) is 7.50. The summed E-state index contributed by atoms with van der Waals surface area (Å²) in [6, 6.07) is 0. The Morgan fingerprint density at radius 3 is 2.20 bits per heavy atom. The van der Waals surface area contributed by atoms with Crippen LogP contribution in [0.1, 0.15) is 6.42 Å². The zero-order valence-corrected chi connectivity index (χ0v) is 5.60. The topological polar surface area (TPSA) is 60.8 Å². The highest BCUT2D eigenvalue weighted by molar-refractivity contribution is 5.47. The molecule has 10 heavy (non-hydrogen) atoms. The van der Waals surface area contributed by atoms with E-state index in [1.54, 1.807) is 0 Å². The Bertz CT molecular complexity index is 118. The van der Waals surface area contributed by atoms with Crippen LogP contribution < -0.4 is 0 Å². The molecule has 0 aromatic carbocycles. The van der Waals surface area contributed by atoms with Crippen LogP contribution in [0.3, 0.4) is 0 Å². The van der Waals surface area contributed by atoms with Crippen molar-refractivity contribution in [2.45, 2.75) is 18.6 Å². The van der Waals surface area contributed by atoms with Gasteiger partial charge in [0.2, 0.25) is 6.41 Å². The molecule has 0 bridgehead atoms. The van der Waals surface area contributed by atoms with Crippen LogP contribution in [0.4, 0.5) is 0 Å². The molecule has 2 atom stereocenters. The van der Waals surface area contributed by atoms with Gasteiger partial charge in [-0.15, -0.1) is 0 Å². The number of aliphatic hydroxyl groups excluding tert-OH is 2. The highest BCUT2D eigenvalue weighted by Gasteiger charge is 2.22. The summed E-state index contributed by atoms with van der Waals surface area (Å²) in [6.07, 6.45) is -0.0986. The van der Waals surface area contributed by atoms with Gasteiger partial charge in [0.25, 0.3) is 0 Å². The van der Waals surface area contributed by atoms with Gasteiger partial charge in [-0.2, -0.15) is 0 Å². The van der Waals surface area contributed by atoms with Crippen LogP contribution in [0.5, 0.6) is 0 Å². The molecule has 1 saturated heterocycles. The lowest BCUT2D eigenvalue weighted by atomic mass is 10.1. The fourth-order valence-corrected chi connectivity index (χ4v) is 1.17. The normalized spacial score (nSPS) is 34.0.